The summed E-state index contributed by atoms with van der Waals surface area (Å²) >= 11 is 5.94. The smallest absolute Gasteiger partial charge is 0.260 e. The monoisotopic (exact) mass is 475 g/mol. The van der Waals surface area contributed by atoms with E-state index in [9.17, 15) is 18.0 Å². The van der Waals surface area contributed by atoms with Gasteiger partial charge >= 0.3 is 0 Å². The highest BCUT2D eigenvalue weighted by Crippen LogP contribution is 2.27. The molecule has 3 aromatic rings. The van der Waals surface area contributed by atoms with Crippen LogP contribution in [-0.4, -0.2) is 50.4 Å². The van der Waals surface area contributed by atoms with E-state index in [2.05, 4.69) is 0 Å². The molecule has 168 valence electrons. The molecule has 0 radical (unpaired) electrons. The molecule has 2 aromatic carbocycles. The quantitative estimate of drug-likeness (QED) is 0.561. The lowest BCUT2D eigenvalue weighted by atomic mass is 10.0. The zero-order valence-corrected chi connectivity index (χ0v) is 19.2. The first-order chi connectivity index (χ1) is 15.1. The summed E-state index contributed by atoms with van der Waals surface area (Å²) in [6.07, 6.45) is 0.431. The van der Waals surface area contributed by atoms with Crippen LogP contribution >= 0.6 is 11.6 Å². The van der Waals surface area contributed by atoms with Gasteiger partial charge in [0.2, 0.25) is 5.43 Å². The van der Waals surface area contributed by atoms with E-state index >= 15 is 0 Å². The number of rotatable bonds is 5. The van der Waals surface area contributed by atoms with Crippen molar-refractivity contribution in [3.8, 4) is 16.9 Å². The van der Waals surface area contributed by atoms with Crippen LogP contribution in [-0.2, 0) is 14.6 Å². The predicted octanol–water partition coefficient (Wildman–Crippen LogP) is 3.45. The second-order valence-electron chi connectivity index (χ2n) is 7.88. The van der Waals surface area contributed by atoms with Crippen molar-refractivity contribution in [1.29, 1.82) is 0 Å². The van der Waals surface area contributed by atoms with Crippen molar-refractivity contribution in [2.75, 3.05) is 25.2 Å². The van der Waals surface area contributed by atoms with Crippen molar-refractivity contribution in [1.82, 2.24) is 4.90 Å². The van der Waals surface area contributed by atoms with Gasteiger partial charge in [0.25, 0.3) is 5.91 Å². The van der Waals surface area contributed by atoms with Gasteiger partial charge in [0.1, 0.15) is 17.1 Å². The molecule has 0 aliphatic carbocycles. The molecule has 1 aromatic heterocycles. The van der Waals surface area contributed by atoms with Crippen LogP contribution in [0.15, 0.2) is 51.7 Å². The third-order valence-corrected chi connectivity index (χ3v) is 7.69. The molecule has 7 nitrogen and oxygen atoms in total. The first-order valence-corrected chi connectivity index (χ1v) is 12.3. The van der Waals surface area contributed by atoms with Crippen molar-refractivity contribution in [2.45, 2.75) is 19.4 Å². The molecular formula is C23H22ClNO6S. The third-order valence-electron chi connectivity index (χ3n) is 5.68. The summed E-state index contributed by atoms with van der Waals surface area (Å²) in [5, 5.41) is 0.973. The van der Waals surface area contributed by atoms with Gasteiger partial charge in [0.15, 0.2) is 16.4 Å². The van der Waals surface area contributed by atoms with Gasteiger partial charge in [-0.2, -0.15) is 0 Å². The number of hydrogen-bond donors (Lipinski definition) is 0. The van der Waals surface area contributed by atoms with Crippen LogP contribution in [0.1, 0.15) is 12.2 Å². The third kappa shape index (κ3) is 4.52. The fraction of sp³-hybridized carbons (Fsp3) is 0.304. The average molecular weight is 476 g/mol. The van der Waals surface area contributed by atoms with Crippen LogP contribution in [0.2, 0.25) is 5.02 Å². The van der Waals surface area contributed by atoms with E-state index in [1.54, 1.807) is 56.4 Å². The second-order valence-corrected chi connectivity index (χ2v) is 10.5. The van der Waals surface area contributed by atoms with E-state index in [1.807, 2.05) is 0 Å². The summed E-state index contributed by atoms with van der Waals surface area (Å²) < 4.78 is 34.8. The number of likely N-dealkylation sites (N-methyl/N-ethyl adjacent to an activating group) is 1. The largest absolute Gasteiger partial charge is 0.484 e. The first-order valence-electron chi connectivity index (χ1n) is 10.1. The summed E-state index contributed by atoms with van der Waals surface area (Å²) in [4.78, 5) is 26.9. The summed E-state index contributed by atoms with van der Waals surface area (Å²) in [6.45, 7) is 1.47. The Hall–Kier alpha value is -2.84. The van der Waals surface area contributed by atoms with Gasteiger partial charge in [-0.3, -0.25) is 9.59 Å². The topological polar surface area (TPSA) is 93.9 Å². The molecule has 1 saturated heterocycles. The maximum atomic E-state index is 13.1. The highest BCUT2D eigenvalue weighted by atomic mass is 35.5. The van der Waals surface area contributed by atoms with Crippen LogP contribution in [0, 0.1) is 6.92 Å². The highest BCUT2D eigenvalue weighted by molar-refractivity contribution is 7.91. The SMILES string of the molecule is Cc1oc2cc(OCC(=O)N(C)[C@H]3CCS(=O)(=O)C3)ccc2c(=O)c1-c1ccc(Cl)cc1. The van der Waals surface area contributed by atoms with Gasteiger partial charge in [-0.25, -0.2) is 8.42 Å². The maximum absolute atomic E-state index is 13.1. The molecule has 32 heavy (non-hydrogen) atoms. The van der Waals surface area contributed by atoms with Crippen molar-refractivity contribution in [2.24, 2.45) is 0 Å². The minimum Gasteiger partial charge on any atom is -0.484 e. The normalized spacial score (nSPS) is 17.4. The Morgan fingerprint density at radius 2 is 1.94 bits per heavy atom. The number of ether oxygens (including phenoxy) is 1. The van der Waals surface area contributed by atoms with Gasteiger partial charge in [-0.15, -0.1) is 0 Å². The Balaban J connectivity index is 1.53. The van der Waals surface area contributed by atoms with Crippen molar-refractivity contribution in [3.63, 3.8) is 0 Å². The number of halogens is 1. The van der Waals surface area contributed by atoms with Gasteiger partial charge in [-0.05, 0) is 43.2 Å². The molecule has 1 aliphatic rings. The summed E-state index contributed by atoms with van der Waals surface area (Å²) in [5.74, 6) is 0.589. The number of amides is 1. The first kappa shape index (κ1) is 22.4. The van der Waals surface area contributed by atoms with Crippen LogP contribution in [0.3, 0.4) is 0 Å². The highest BCUT2D eigenvalue weighted by Gasteiger charge is 2.32. The number of benzene rings is 2. The molecule has 0 spiro atoms. The molecule has 1 aliphatic heterocycles. The summed E-state index contributed by atoms with van der Waals surface area (Å²) in [5.41, 5.74) is 1.36. The fourth-order valence-electron chi connectivity index (χ4n) is 3.86. The van der Waals surface area contributed by atoms with Crippen molar-refractivity contribution < 1.29 is 22.4 Å². The number of fused-ring (bicyclic) bond motifs is 1. The maximum Gasteiger partial charge on any atom is 0.260 e. The second kappa shape index (κ2) is 8.60. The number of nitrogens with zero attached hydrogens (tertiary/aromatic N) is 1. The molecule has 0 N–H and O–H groups in total. The summed E-state index contributed by atoms with van der Waals surface area (Å²) in [6, 6.07) is 11.4. The lowest BCUT2D eigenvalue weighted by Crippen LogP contribution is -2.40. The minimum absolute atomic E-state index is 0.0222. The Labute approximate surface area is 190 Å². The molecule has 0 saturated carbocycles. The molecule has 1 atom stereocenters. The van der Waals surface area contributed by atoms with E-state index in [0.29, 0.717) is 45.0 Å². The zero-order valence-electron chi connectivity index (χ0n) is 17.6. The van der Waals surface area contributed by atoms with Gasteiger partial charge in [-0.1, -0.05) is 23.7 Å². The number of sulfone groups is 1. The minimum atomic E-state index is -3.08. The molecule has 0 unspecified atom stereocenters. The fourth-order valence-corrected chi connectivity index (χ4v) is 5.76. The Morgan fingerprint density at radius 3 is 2.59 bits per heavy atom. The van der Waals surface area contributed by atoms with E-state index < -0.39 is 9.84 Å². The molecule has 4 rings (SSSR count). The van der Waals surface area contributed by atoms with Crippen LogP contribution < -0.4 is 10.2 Å². The molecule has 1 amide bonds. The Morgan fingerprint density at radius 1 is 1.22 bits per heavy atom. The predicted molar refractivity (Wildman–Crippen MR) is 123 cm³/mol. The number of hydrogen-bond acceptors (Lipinski definition) is 6. The summed E-state index contributed by atoms with van der Waals surface area (Å²) in [7, 11) is -1.50. The van der Waals surface area contributed by atoms with E-state index in [0.717, 1.165) is 0 Å². The standard InChI is InChI=1S/C23H22ClNO6S/c1-14-22(15-3-5-16(24)6-4-15)23(27)19-8-7-18(11-20(19)31-14)30-12-21(26)25(2)17-9-10-32(28,29)13-17/h3-8,11,17H,9-10,12-13H2,1-2H3/t17-/m0/s1. The molecule has 2 heterocycles. The van der Waals surface area contributed by atoms with Gasteiger partial charge in [0.05, 0.1) is 22.5 Å². The average Bonchev–Trinajstić information content (AvgIpc) is 3.12. The van der Waals surface area contributed by atoms with Crippen LogP contribution in [0.25, 0.3) is 22.1 Å². The lowest BCUT2D eigenvalue weighted by Gasteiger charge is -2.23. The van der Waals surface area contributed by atoms with Gasteiger partial charge < -0.3 is 14.1 Å². The molecule has 9 heteroatoms. The Kier molecular flexibility index (Phi) is 6.01. The van der Waals surface area contributed by atoms with Gasteiger partial charge in [0, 0.05) is 24.2 Å². The molecular weight excluding hydrogens is 454 g/mol. The van der Waals surface area contributed by atoms with E-state index in [-0.39, 0.29) is 35.5 Å². The lowest BCUT2D eigenvalue weighted by molar-refractivity contribution is -0.133. The van der Waals surface area contributed by atoms with E-state index in [4.69, 9.17) is 20.8 Å². The zero-order chi connectivity index (χ0) is 23.0. The van der Waals surface area contributed by atoms with E-state index in [1.165, 1.54) is 4.90 Å². The number of carbonyl (C=O) groups excluding carboxylic acids is 1. The number of carbonyl (C=O) groups is 1. The van der Waals surface area contributed by atoms with Crippen molar-refractivity contribution in [3.05, 3.63) is 63.5 Å². The molecule has 0 bridgehead atoms. The van der Waals surface area contributed by atoms with Crippen LogP contribution in [0.4, 0.5) is 0 Å². The Bertz CT molecular complexity index is 1350. The number of aryl methyl sites for hydroxylation is 1. The van der Waals surface area contributed by atoms with Crippen LogP contribution in [0.5, 0.6) is 5.75 Å². The van der Waals surface area contributed by atoms with Crippen molar-refractivity contribution >= 4 is 38.3 Å². The molecule has 1 fully saturated rings.